The molecule has 1 heterocycles. The second-order valence-electron chi connectivity index (χ2n) is 4.34. The van der Waals surface area contributed by atoms with Crippen molar-refractivity contribution in [3.05, 3.63) is 24.0 Å². The number of hydrogen-bond acceptors (Lipinski definition) is 3. The van der Waals surface area contributed by atoms with Gasteiger partial charge in [0.2, 0.25) is 0 Å². The molecule has 90 valence electrons. The van der Waals surface area contributed by atoms with Crippen LogP contribution in [0.5, 0.6) is 0 Å². The molecular weight excluding hydrogens is 200 g/mol. The lowest BCUT2D eigenvalue weighted by molar-refractivity contribution is 0.138. The summed E-state index contributed by atoms with van der Waals surface area (Å²) in [5.41, 5.74) is 0.880. The van der Waals surface area contributed by atoms with E-state index < -0.39 is 6.10 Å². The van der Waals surface area contributed by atoms with E-state index in [4.69, 9.17) is 0 Å². The van der Waals surface area contributed by atoms with Crippen molar-refractivity contribution >= 4 is 0 Å². The predicted octanol–water partition coefficient (Wildman–Crippen LogP) is 3.12. The van der Waals surface area contributed by atoms with Gasteiger partial charge in [0.15, 0.2) is 0 Å². The zero-order chi connectivity index (χ0) is 11.8. The van der Waals surface area contributed by atoms with Crippen molar-refractivity contribution in [3.63, 3.8) is 0 Å². The number of aliphatic hydroxyl groups excluding tert-OH is 1. The molecule has 0 spiro atoms. The van der Waals surface area contributed by atoms with Gasteiger partial charge in [-0.15, -0.1) is 0 Å². The smallest absolute Gasteiger partial charge is 0.0808 e. The summed E-state index contributed by atoms with van der Waals surface area (Å²) < 4.78 is 0. The number of unbranched alkanes of at least 4 members (excludes halogenated alkanes) is 1. The van der Waals surface area contributed by atoms with Gasteiger partial charge >= 0.3 is 0 Å². The molecule has 0 saturated heterocycles. The minimum atomic E-state index is -0.391. The molecule has 2 unspecified atom stereocenters. The summed E-state index contributed by atoms with van der Waals surface area (Å²) in [6.07, 6.45) is 8.55. The van der Waals surface area contributed by atoms with Crippen LogP contribution < -0.4 is 0 Å². The highest BCUT2D eigenvalue weighted by Gasteiger charge is 2.14. The Hall–Kier alpha value is -0.960. The van der Waals surface area contributed by atoms with Crippen molar-refractivity contribution in [2.24, 2.45) is 5.92 Å². The minimum Gasteiger partial charge on any atom is -0.388 e. The first-order chi connectivity index (χ1) is 7.77. The largest absolute Gasteiger partial charge is 0.388 e. The fraction of sp³-hybridized carbons (Fsp3) is 0.692. The fourth-order valence-corrected chi connectivity index (χ4v) is 1.93. The number of hydrogen-bond donors (Lipinski definition) is 1. The molecule has 0 aliphatic heterocycles. The molecule has 1 rings (SSSR count). The van der Waals surface area contributed by atoms with E-state index in [9.17, 15) is 5.11 Å². The first kappa shape index (κ1) is 13.1. The fourth-order valence-electron chi connectivity index (χ4n) is 1.93. The number of rotatable bonds is 7. The lowest BCUT2D eigenvalue weighted by Gasteiger charge is -2.18. The van der Waals surface area contributed by atoms with Crippen molar-refractivity contribution in [2.75, 3.05) is 0 Å². The van der Waals surface area contributed by atoms with Gasteiger partial charge in [-0.2, -0.15) is 10.2 Å². The summed E-state index contributed by atoms with van der Waals surface area (Å²) in [6.45, 7) is 4.40. The molecule has 2 atom stereocenters. The van der Waals surface area contributed by atoms with Crippen LogP contribution in [0.4, 0.5) is 0 Å². The molecule has 1 aromatic rings. The molecule has 0 aromatic carbocycles. The summed E-state index contributed by atoms with van der Waals surface area (Å²) in [4.78, 5) is 0. The van der Waals surface area contributed by atoms with Gasteiger partial charge in [-0.05, 0) is 18.4 Å². The molecule has 3 nitrogen and oxygen atoms in total. The van der Waals surface area contributed by atoms with Crippen LogP contribution >= 0.6 is 0 Å². The highest BCUT2D eigenvalue weighted by molar-refractivity contribution is 5.08. The van der Waals surface area contributed by atoms with E-state index in [0.29, 0.717) is 5.92 Å². The van der Waals surface area contributed by atoms with Crippen LogP contribution in [-0.4, -0.2) is 15.3 Å². The summed E-state index contributed by atoms with van der Waals surface area (Å²) in [5, 5.41) is 17.6. The Morgan fingerprint density at radius 2 is 2.12 bits per heavy atom. The van der Waals surface area contributed by atoms with E-state index in [1.54, 1.807) is 12.4 Å². The third-order valence-electron chi connectivity index (χ3n) is 3.09. The van der Waals surface area contributed by atoms with E-state index in [2.05, 4.69) is 24.0 Å². The van der Waals surface area contributed by atoms with Crippen LogP contribution in [0.1, 0.15) is 57.6 Å². The lowest BCUT2D eigenvalue weighted by atomic mass is 9.91. The third-order valence-corrected chi connectivity index (χ3v) is 3.09. The van der Waals surface area contributed by atoms with E-state index in [1.165, 1.54) is 19.3 Å². The van der Waals surface area contributed by atoms with E-state index in [-0.39, 0.29) is 0 Å². The van der Waals surface area contributed by atoms with Crippen LogP contribution in [0.25, 0.3) is 0 Å². The molecule has 3 heteroatoms. The van der Waals surface area contributed by atoms with Gasteiger partial charge in [-0.1, -0.05) is 39.5 Å². The Morgan fingerprint density at radius 3 is 2.69 bits per heavy atom. The maximum atomic E-state index is 10.1. The molecule has 0 bridgehead atoms. The highest BCUT2D eigenvalue weighted by atomic mass is 16.3. The quantitative estimate of drug-likeness (QED) is 0.771. The van der Waals surface area contributed by atoms with Gasteiger partial charge < -0.3 is 5.11 Å². The monoisotopic (exact) mass is 222 g/mol. The number of nitrogens with zero attached hydrogens (tertiary/aromatic N) is 2. The summed E-state index contributed by atoms with van der Waals surface area (Å²) in [7, 11) is 0. The Kier molecular flexibility index (Phi) is 6.01. The molecule has 0 radical (unpaired) electrons. The molecule has 1 aromatic heterocycles. The standard InChI is InChI=1S/C13H22N2O/c1-3-5-6-11(4-2)9-13(16)12-7-8-14-15-10-12/h7-8,10-11,13,16H,3-6,9H2,1-2H3. The van der Waals surface area contributed by atoms with Crippen molar-refractivity contribution < 1.29 is 5.11 Å². The topological polar surface area (TPSA) is 46.0 Å². The third kappa shape index (κ3) is 4.27. The number of aromatic nitrogens is 2. The predicted molar refractivity (Wildman–Crippen MR) is 64.9 cm³/mol. The summed E-state index contributed by atoms with van der Waals surface area (Å²) >= 11 is 0. The van der Waals surface area contributed by atoms with Gasteiger partial charge in [0, 0.05) is 11.8 Å². The summed E-state index contributed by atoms with van der Waals surface area (Å²) in [6, 6.07) is 1.84. The van der Waals surface area contributed by atoms with E-state index >= 15 is 0 Å². The second kappa shape index (κ2) is 7.34. The van der Waals surface area contributed by atoms with Crippen LogP contribution in [0.3, 0.4) is 0 Å². The molecule has 0 saturated carbocycles. The van der Waals surface area contributed by atoms with E-state index in [1.807, 2.05) is 6.07 Å². The maximum Gasteiger partial charge on any atom is 0.0808 e. The average molecular weight is 222 g/mol. The molecule has 1 N–H and O–H groups in total. The summed E-state index contributed by atoms with van der Waals surface area (Å²) in [5.74, 6) is 0.614. The SMILES string of the molecule is CCCCC(CC)CC(O)c1ccnnc1. The van der Waals surface area contributed by atoms with Gasteiger partial charge in [-0.25, -0.2) is 0 Å². The van der Waals surface area contributed by atoms with Gasteiger partial charge in [-0.3, -0.25) is 0 Å². The zero-order valence-electron chi connectivity index (χ0n) is 10.3. The van der Waals surface area contributed by atoms with Crippen LogP contribution in [0, 0.1) is 5.92 Å². The van der Waals surface area contributed by atoms with Gasteiger partial charge in [0.25, 0.3) is 0 Å². The molecule has 0 fully saturated rings. The normalized spacial score (nSPS) is 14.7. The second-order valence-corrected chi connectivity index (χ2v) is 4.34. The highest BCUT2D eigenvalue weighted by Crippen LogP contribution is 2.25. The Labute approximate surface area is 97.9 Å². The molecule has 0 amide bonds. The van der Waals surface area contributed by atoms with Crippen LogP contribution in [0.2, 0.25) is 0 Å². The molecule has 0 aliphatic rings. The zero-order valence-corrected chi connectivity index (χ0v) is 10.3. The van der Waals surface area contributed by atoms with Crippen molar-refractivity contribution in [1.29, 1.82) is 0 Å². The average Bonchev–Trinajstić information content (AvgIpc) is 2.35. The van der Waals surface area contributed by atoms with Crippen molar-refractivity contribution in [2.45, 2.75) is 52.1 Å². The Morgan fingerprint density at radius 1 is 1.31 bits per heavy atom. The van der Waals surface area contributed by atoms with Crippen molar-refractivity contribution in [3.8, 4) is 0 Å². The lowest BCUT2D eigenvalue weighted by Crippen LogP contribution is -2.07. The number of aliphatic hydroxyl groups is 1. The maximum absolute atomic E-state index is 10.1. The van der Waals surface area contributed by atoms with Crippen LogP contribution in [0.15, 0.2) is 18.5 Å². The van der Waals surface area contributed by atoms with E-state index in [0.717, 1.165) is 18.4 Å². The van der Waals surface area contributed by atoms with Gasteiger partial charge in [0.05, 0.1) is 12.3 Å². The Balaban J connectivity index is 2.45. The minimum absolute atomic E-state index is 0.391. The Bertz CT molecular complexity index is 277. The van der Waals surface area contributed by atoms with Crippen molar-refractivity contribution in [1.82, 2.24) is 10.2 Å². The van der Waals surface area contributed by atoms with Gasteiger partial charge in [0.1, 0.15) is 0 Å². The first-order valence-corrected chi connectivity index (χ1v) is 6.22. The molecule has 16 heavy (non-hydrogen) atoms. The molecule has 0 aliphatic carbocycles. The molecular formula is C13H22N2O. The van der Waals surface area contributed by atoms with Crippen LogP contribution in [-0.2, 0) is 0 Å². The first-order valence-electron chi connectivity index (χ1n) is 6.22.